The summed E-state index contributed by atoms with van der Waals surface area (Å²) in [5.74, 6) is -0.328. The fraction of sp³-hybridized carbons (Fsp3) is 0.500. The Labute approximate surface area is 122 Å². The van der Waals surface area contributed by atoms with Crippen LogP contribution in [0.2, 0.25) is 0 Å². The molecule has 0 aromatic heterocycles. The van der Waals surface area contributed by atoms with E-state index in [0.29, 0.717) is 18.7 Å². The van der Waals surface area contributed by atoms with Crippen LogP contribution in [0.25, 0.3) is 0 Å². The number of esters is 1. The van der Waals surface area contributed by atoms with Crippen LogP contribution in [0.1, 0.15) is 31.1 Å². The molecule has 0 atom stereocenters. The van der Waals surface area contributed by atoms with Crippen molar-refractivity contribution in [1.82, 2.24) is 0 Å². The predicted octanol–water partition coefficient (Wildman–Crippen LogP) is 3.06. The summed E-state index contributed by atoms with van der Waals surface area (Å²) in [6.07, 6.45) is 0. The highest BCUT2D eigenvalue weighted by molar-refractivity contribution is 9.10. The molecule has 1 aromatic carbocycles. The molecule has 0 saturated carbocycles. The second-order valence-corrected chi connectivity index (χ2v) is 5.95. The van der Waals surface area contributed by atoms with Crippen molar-refractivity contribution in [3.8, 4) is 0 Å². The number of hydrogen-bond acceptors (Lipinski definition) is 4. The van der Waals surface area contributed by atoms with Gasteiger partial charge in [0.15, 0.2) is 0 Å². The van der Waals surface area contributed by atoms with Gasteiger partial charge in [0, 0.05) is 28.7 Å². The third kappa shape index (κ3) is 4.84. The van der Waals surface area contributed by atoms with Gasteiger partial charge >= 0.3 is 5.97 Å². The average Bonchev–Trinajstić information content (AvgIpc) is 2.37. The van der Waals surface area contributed by atoms with Gasteiger partial charge in [-0.2, -0.15) is 0 Å². The number of rotatable bonds is 6. The Kier molecular flexibility index (Phi) is 5.82. The molecule has 0 amide bonds. The third-order valence-corrected chi connectivity index (χ3v) is 3.32. The second-order valence-electron chi connectivity index (χ2n) is 5.09. The molecule has 1 aromatic rings. The molecule has 0 aliphatic heterocycles. The topological polar surface area (TPSA) is 58.6 Å². The lowest BCUT2D eigenvalue weighted by molar-refractivity contribution is 0.0526. The highest BCUT2D eigenvalue weighted by Gasteiger charge is 2.17. The van der Waals surface area contributed by atoms with E-state index in [4.69, 9.17) is 4.74 Å². The van der Waals surface area contributed by atoms with Crippen LogP contribution < -0.4 is 5.32 Å². The van der Waals surface area contributed by atoms with Gasteiger partial charge in [0.2, 0.25) is 0 Å². The highest BCUT2D eigenvalue weighted by Crippen LogP contribution is 2.25. The van der Waals surface area contributed by atoms with Gasteiger partial charge in [-0.3, -0.25) is 0 Å². The summed E-state index contributed by atoms with van der Waals surface area (Å²) in [6, 6.07) is 5.27. The van der Waals surface area contributed by atoms with Gasteiger partial charge in [0.1, 0.15) is 0 Å². The van der Waals surface area contributed by atoms with Crippen molar-refractivity contribution in [1.29, 1.82) is 0 Å². The lowest BCUT2D eigenvalue weighted by Crippen LogP contribution is -2.26. The Balaban J connectivity index is 2.75. The molecule has 1 rings (SSSR count). The predicted molar refractivity (Wildman–Crippen MR) is 79.5 cm³/mol. The van der Waals surface area contributed by atoms with Crippen molar-refractivity contribution in [3.63, 3.8) is 0 Å². The normalized spacial score (nSPS) is 11.2. The van der Waals surface area contributed by atoms with Crippen molar-refractivity contribution in [2.75, 3.05) is 25.1 Å². The van der Waals surface area contributed by atoms with Gasteiger partial charge in [-0.25, -0.2) is 4.79 Å². The number of benzene rings is 1. The molecule has 0 radical (unpaired) electrons. The van der Waals surface area contributed by atoms with Gasteiger partial charge < -0.3 is 15.2 Å². The Hall–Kier alpha value is -1.07. The fourth-order valence-corrected chi connectivity index (χ4v) is 1.91. The maximum absolute atomic E-state index is 11.6. The van der Waals surface area contributed by atoms with Crippen molar-refractivity contribution >= 4 is 27.6 Å². The lowest BCUT2D eigenvalue weighted by atomic mass is 9.95. The Morgan fingerprint density at radius 1 is 1.47 bits per heavy atom. The van der Waals surface area contributed by atoms with Gasteiger partial charge in [-0.1, -0.05) is 13.8 Å². The van der Waals surface area contributed by atoms with E-state index in [9.17, 15) is 9.90 Å². The number of hydrogen-bond donors (Lipinski definition) is 2. The van der Waals surface area contributed by atoms with E-state index >= 15 is 0 Å². The molecule has 2 N–H and O–H groups in total. The minimum atomic E-state index is -0.328. The number of nitrogens with one attached hydrogen (secondary N) is 1. The van der Waals surface area contributed by atoms with Gasteiger partial charge in [-0.15, -0.1) is 0 Å². The summed E-state index contributed by atoms with van der Waals surface area (Å²) < 4.78 is 5.74. The van der Waals surface area contributed by atoms with Crippen molar-refractivity contribution in [3.05, 3.63) is 28.2 Å². The van der Waals surface area contributed by atoms with Gasteiger partial charge in [-0.05, 0) is 41.1 Å². The van der Waals surface area contributed by atoms with E-state index in [2.05, 4.69) is 21.2 Å². The molecular formula is C14H20BrNO3. The molecule has 0 heterocycles. The molecule has 0 bridgehead atoms. The largest absolute Gasteiger partial charge is 0.462 e. The second kappa shape index (κ2) is 6.91. The molecule has 19 heavy (non-hydrogen) atoms. The first-order valence-corrected chi connectivity index (χ1v) is 7.00. The summed E-state index contributed by atoms with van der Waals surface area (Å²) in [5.41, 5.74) is 1.20. The van der Waals surface area contributed by atoms with Crippen LogP contribution in [0.5, 0.6) is 0 Å². The van der Waals surface area contributed by atoms with Gasteiger partial charge in [0.25, 0.3) is 0 Å². The number of ether oxygens (including phenoxy) is 1. The zero-order chi connectivity index (χ0) is 14.5. The first-order valence-electron chi connectivity index (χ1n) is 6.21. The Bertz CT molecular complexity index is 446. The summed E-state index contributed by atoms with van der Waals surface area (Å²) in [7, 11) is 0. The van der Waals surface area contributed by atoms with Crippen LogP contribution in [0.4, 0.5) is 5.69 Å². The number of aliphatic hydroxyl groups is 1. The van der Waals surface area contributed by atoms with Crippen LogP contribution in [0.15, 0.2) is 22.7 Å². The summed E-state index contributed by atoms with van der Waals surface area (Å²) >= 11 is 3.42. The van der Waals surface area contributed by atoms with E-state index in [1.807, 2.05) is 19.9 Å². The zero-order valence-corrected chi connectivity index (χ0v) is 13.1. The number of carbonyl (C=O) groups is 1. The first kappa shape index (κ1) is 16.0. The molecule has 5 heteroatoms. The third-order valence-electron chi connectivity index (χ3n) is 2.67. The van der Waals surface area contributed by atoms with Crippen LogP contribution in [0.3, 0.4) is 0 Å². The van der Waals surface area contributed by atoms with Crippen LogP contribution in [-0.2, 0) is 4.74 Å². The maximum Gasteiger partial charge on any atom is 0.338 e. The Morgan fingerprint density at radius 3 is 2.68 bits per heavy atom. The Morgan fingerprint density at radius 2 is 2.16 bits per heavy atom. The number of halogens is 1. The quantitative estimate of drug-likeness (QED) is 0.787. The summed E-state index contributed by atoms with van der Waals surface area (Å²) in [6.45, 7) is 6.84. The first-order chi connectivity index (χ1) is 8.89. The fourth-order valence-electron chi connectivity index (χ4n) is 1.39. The molecule has 0 aliphatic rings. The molecule has 0 fully saturated rings. The number of aliphatic hydroxyl groups excluding tert-OH is 1. The number of anilines is 1. The average molecular weight is 330 g/mol. The van der Waals surface area contributed by atoms with E-state index in [1.165, 1.54) is 0 Å². The van der Waals surface area contributed by atoms with Crippen LogP contribution in [0, 0.1) is 5.41 Å². The van der Waals surface area contributed by atoms with Crippen molar-refractivity contribution < 1.29 is 14.6 Å². The molecule has 106 valence electrons. The van der Waals surface area contributed by atoms with Crippen LogP contribution in [-0.4, -0.2) is 30.8 Å². The maximum atomic E-state index is 11.6. The zero-order valence-electron chi connectivity index (χ0n) is 11.5. The monoisotopic (exact) mass is 329 g/mol. The van der Waals surface area contributed by atoms with E-state index in [0.717, 1.165) is 10.2 Å². The smallest absolute Gasteiger partial charge is 0.338 e. The molecule has 0 spiro atoms. The molecule has 0 unspecified atom stereocenters. The van der Waals surface area contributed by atoms with Crippen molar-refractivity contribution in [2.24, 2.45) is 5.41 Å². The van der Waals surface area contributed by atoms with Gasteiger partial charge in [0.05, 0.1) is 12.2 Å². The van der Waals surface area contributed by atoms with E-state index < -0.39 is 0 Å². The lowest BCUT2D eigenvalue weighted by Gasteiger charge is -2.23. The van der Waals surface area contributed by atoms with Crippen molar-refractivity contribution in [2.45, 2.75) is 20.8 Å². The standard InChI is InChI=1S/C14H20BrNO3/c1-4-19-13(18)10-5-6-12(11(15)7-10)16-8-14(2,3)9-17/h5-7,16-17H,4,8-9H2,1-3H3. The molecular weight excluding hydrogens is 310 g/mol. The SMILES string of the molecule is CCOC(=O)c1ccc(NCC(C)(C)CO)c(Br)c1. The van der Waals surface area contributed by atoms with E-state index in [-0.39, 0.29) is 18.0 Å². The minimum Gasteiger partial charge on any atom is -0.462 e. The molecule has 4 nitrogen and oxygen atoms in total. The minimum absolute atomic E-state index is 0.110. The summed E-state index contributed by atoms with van der Waals surface area (Å²) in [4.78, 5) is 11.6. The number of carbonyl (C=O) groups excluding carboxylic acids is 1. The molecule has 0 saturated heterocycles. The molecule has 0 aliphatic carbocycles. The highest BCUT2D eigenvalue weighted by atomic mass is 79.9. The van der Waals surface area contributed by atoms with E-state index in [1.54, 1.807) is 19.1 Å². The van der Waals surface area contributed by atoms with Crippen LogP contribution >= 0.6 is 15.9 Å². The summed E-state index contributed by atoms with van der Waals surface area (Å²) in [5, 5.41) is 12.4.